The van der Waals surface area contributed by atoms with Crippen LogP contribution in [-0.2, 0) is 0 Å². The lowest BCUT2D eigenvalue weighted by atomic mass is 9.90. The van der Waals surface area contributed by atoms with E-state index < -0.39 is 0 Å². The molecule has 0 spiro atoms. The third kappa shape index (κ3) is 3.55. The maximum atomic E-state index is 6.42. The van der Waals surface area contributed by atoms with E-state index in [1.165, 1.54) is 37.7 Å². The van der Waals surface area contributed by atoms with Crippen molar-refractivity contribution in [2.75, 3.05) is 6.54 Å². The van der Waals surface area contributed by atoms with Crippen molar-refractivity contribution < 1.29 is 0 Å². The van der Waals surface area contributed by atoms with Crippen LogP contribution in [0.4, 0.5) is 0 Å². The minimum atomic E-state index is 0.0803. The molecule has 0 aliphatic heterocycles. The number of hydrogen-bond donors (Lipinski definition) is 1. The van der Waals surface area contributed by atoms with Crippen molar-refractivity contribution in [3.8, 4) is 0 Å². The summed E-state index contributed by atoms with van der Waals surface area (Å²) in [4.78, 5) is 2.57. The zero-order valence-electron chi connectivity index (χ0n) is 12.7. The SMILES string of the molecule is CCN(C1CCCCC1)C(c1ccccc1Cl)C(C)N. The zero-order chi connectivity index (χ0) is 14.5. The number of halogens is 1. The van der Waals surface area contributed by atoms with Gasteiger partial charge in [0.05, 0.1) is 6.04 Å². The summed E-state index contributed by atoms with van der Waals surface area (Å²) >= 11 is 6.42. The van der Waals surface area contributed by atoms with Crippen LogP contribution in [0.1, 0.15) is 57.6 Å². The van der Waals surface area contributed by atoms with E-state index in [0.29, 0.717) is 6.04 Å². The van der Waals surface area contributed by atoms with Gasteiger partial charge in [-0.2, -0.15) is 0 Å². The van der Waals surface area contributed by atoms with Gasteiger partial charge in [-0.1, -0.05) is 56.0 Å². The molecule has 0 radical (unpaired) electrons. The first kappa shape index (κ1) is 15.8. The normalized spacial score (nSPS) is 20.1. The average molecular weight is 295 g/mol. The molecule has 1 saturated carbocycles. The minimum absolute atomic E-state index is 0.0803. The highest BCUT2D eigenvalue weighted by Gasteiger charge is 2.30. The third-order valence-electron chi connectivity index (χ3n) is 4.49. The molecule has 20 heavy (non-hydrogen) atoms. The van der Waals surface area contributed by atoms with Crippen molar-refractivity contribution in [2.45, 2.75) is 64.1 Å². The second-order valence-corrected chi connectivity index (χ2v) is 6.35. The molecule has 0 aromatic heterocycles. The van der Waals surface area contributed by atoms with E-state index in [1.807, 2.05) is 12.1 Å². The molecule has 0 heterocycles. The minimum Gasteiger partial charge on any atom is -0.326 e. The van der Waals surface area contributed by atoms with Gasteiger partial charge in [0.2, 0.25) is 0 Å². The van der Waals surface area contributed by atoms with Crippen molar-refractivity contribution in [1.82, 2.24) is 4.90 Å². The van der Waals surface area contributed by atoms with Crippen LogP contribution in [0.5, 0.6) is 0 Å². The molecule has 1 aromatic rings. The summed E-state index contributed by atoms with van der Waals surface area (Å²) in [5.41, 5.74) is 7.50. The maximum absolute atomic E-state index is 6.42. The number of rotatable bonds is 5. The molecule has 0 amide bonds. The van der Waals surface area contributed by atoms with Crippen LogP contribution in [0.25, 0.3) is 0 Å². The second kappa shape index (κ2) is 7.44. The summed E-state index contributed by atoms with van der Waals surface area (Å²) in [6.45, 7) is 5.36. The monoisotopic (exact) mass is 294 g/mol. The third-order valence-corrected chi connectivity index (χ3v) is 4.83. The fraction of sp³-hybridized carbons (Fsp3) is 0.647. The fourth-order valence-electron chi connectivity index (χ4n) is 3.57. The smallest absolute Gasteiger partial charge is 0.0514 e. The standard InChI is InChI=1S/C17H27ClN2/c1-3-20(14-9-5-4-6-10-14)17(13(2)19)15-11-7-8-12-16(15)18/h7-8,11-14,17H,3-6,9-10,19H2,1-2H3. The van der Waals surface area contributed by atoms with E-state index in [1.54, 1.807) is 0 Å². The van der Waals surface area contributed by atoms with Crippen molar-refractivity contribution in [1.29, 1.82) is 0 Å². The van der Waals surface area contributed by atoms with Crippen molar-refractivity contribution in [3.05, 3.63) is 34.9 Å². The van der Waals surface area contributed by atoms with E-state index in [4.69, 9.17) is 17.3 Å². The number of hydrogen-bond acceptors (Lipinski definition) is 2. The molecule has 2 nitrogen and oxygen atoms in total. The Hall–Kier alpha value is -0.570. The van der Waals surface area contributed by atoms with Gasteiger partial charge < -0.3 is 5.73 Å². The molecule has 3 heteroatoms. The van der Waals surface area contributed by atoms with Crippen LogP contribution in [0.15, 0.2) is 24.3 Å². The Morgan fingerprint density at radius 1 is 1.25 bits per heavy atom. The predicted octanol–water partition coefficient (Wildman–Crippen LogP) is 4.38. The summed E-state index contributed by atoms with van der Waals surface area (Å²) in [7, 11) is 0. The lowest BCUT2D eigenvalue weighted by Gasteiger charge is -2.41. The van der Waals surface area contributed by atoms with Crippen LogP contribution in [0, 0.1) is 0 Å². The number of likely N-dealkylation sites (N-methyl/N-ethyl adjacent to an activating group) is 1. The van der Waals surface area contributed by atoms with Gasteiger partial charge in [-0.15, -0.1) is 0 Å². The zero-order valence-corrected chi connectivity index (χ0v) is 13.4. The van der Waals surface area contributed by atoms with E-state index in [9.17, 15) is 0 Å². The molecular weight excluding hydrogens is 268 g/mol. The van der Waals surface area contributed by atoms with Gasteiger partial charge in [0.1, 0.15) is 0 Å². The Balaban J connectivity index is 2.28. The summed E-state index contributed by atoms with van der Waals surface area (Å²) < 4.78 is 0. The lowest BCUT2D eigenvalue weighted by Crippen LogP contribution is -2.46. The second-order valence-electron chi connectivity index (χ2n) is 5.95. The summed E-state index contributed by atoms with van der Waals surface area (Å²) in [5, 5.41) is 0.837. The van der Waals surface area contributed by atoms with E-state index in [-0.39, 0.29) is 12.1 Å². The molecule has 2 unspecified atom stereocenters. The molecule has 112 valence electrons. The van der Waals surface area contributed by atoms with E-state index in [2.05, 4.69) is 30.9 Å². The van der Waals surface area contributed by atoms with Gasteiger partial charge in [0, 0.05) is 17.1 Å². The molecule has 2 rings (SSSR count). The Morgan fingerprint density at radius 2 is 1.90 bits per heavy atom. The Bertz CT molecular complexity index is 413. The van der Waals surface area contributed by atoms with Crippen LogP contribution in [0.3, 0.4) is 0 Å². The molecule has 1 aromatic carbocycles. The summed E-state index contributed by atoms with van der Waals surface area (Å²) in [6, 6.07) is 9.10. The van der Waals surface area contributed by atoms with Gasteiger partial charge >= 0.3 is 0 Å². The van der Waals surface area contributed by atoms with Crippen molar-refractivity contribution >= 4 is 11.6 Å². The first-order valence-corrected chi connectivity index (χ1v) is 8.28. The van der Waals surface area contributed by atoms with E-state index in [0.717, 1.165) is 11.6 Å². The van der Waals surface area contributed by atoms with Gasteiger partial charge in [-0.3, -0.25) is 4.90 Å². The van der Waals surface area contributed by atoms with Crippen LogP contribution in [0.2, 0.25) is 5.02 Å². The number of nitrogens with zero attached hydrogens (tertiary/aromatic N) is 1. The molecule has 1 aliphatic rings. The lowest BCUT2D eigenvalue weighted by molar-refractivity contribution is 0.0975. The molecule has 0 bridgehead atoms. The first-order valence-electron chi connectivity index (χ1n) is 7.91. The molecule has 2 atom stereocenters. The van der Waals surface area contributed by atoms with E-state index >= 15 is 0 Å². The largest absolute Gasteiger partial charge is 0.326 e. The van der Waals surface area contributed by atoms with Gasteiger partial charge in [-0.25, -0.2) is 0 Å². The van der Waals surface area contributed by atoms with Gasteiger partial charge in [-0.05, 0) is 37.9 Å². The quantitative estimate of drug-likeness (QED) is 0.873. The van der Waals surface area contributed by atoms with Gasteiger partial charge in [0.15, 0.2) is 0 Å². The predicted molar refractivity (Wildman–Crippen MR) is 87.1 cm³/mol. The molecule has 2 N–H and O–H groups in total. The van der Waals surface area contributed by atoms with Crippen molar-refractivity contribution in [3.63, 3.8) is 0 Å². The number of nitrogens with two attached hydrogens (primary N) is 1. The molecule has 1 fully saturated rings. The highest BCUT2D eigenvalue weighted by Crippen LogP contribution is 2.34. The Labute approximate surface area is 128 Å². The highest BCUT2D eigenvalue weighted by atomic mass is 35.5. The summed E-state index contributed by atoms with van der Waals surface area (Å²) in [6.07, 6.45) is 6.65. The topological polar surface area (TPSA) is 29.3 Å². The fourth-order valence-corrected chi connectivity index (χ4v) is 3.82. The molecule has 1 aliphatic carbocycles. The van der Waals surface area contributed by atoms with Crippen molar-refractivity contribution in [2.24, 2.45) is 5.73 Å². The number of benzene rings is 1. The summed E-state index contributed by atoms with van der Waals surface area (Å²) in [5.74, 6) is 0. The molecule has 0 saturated heterocycles. The van der Waals surface area contributed by atoms with Crippen LogP contribution < -0.4 is 5.73 Å². The highest BCUT2D eigenvalue weighted by molar-refractivity contribution is 6.31. The van der Waals surface area contributed by atoms with Crippen LogP contribution in [-0.4, -0.2) is 23.5 Å². The Morgan fingerprint density at radius 3 is 2.45 bits per heavy atom. The first-order chi connectivity index (χ1) is 9.65. The van der Waals surface area contributed by atoms with Crippen LogP contribution >= 0.6 is 11.6 Å². The Kier molecular flexibility index (Phi) is 5.88. The maximum Gasteiger partial charge on any atom is 0.0514 e. The van der Waals surface area contributed by atoms with Gasteiger partial charge in [0.25, 0.3) is 0 Å². The molecular formula is C17H27ClN2. The average Bonchev–Trinajstić information content (AvgIpc) is 2.46.